The summed E-state index contributed by atoms with van der Waals surface area (Å²) < 4.78 is 42.6. The third-order valence-electron chi connectivity index (χ3n) is 4.26. The van der Waals surface area contributed by atoms with E-state index in [4.69, 9.17) is 0 Å². The highest BCUT2D eigenvalue weighted by Crippen LogP contribution is 2.25. The van der Waals surface area contributed by atoms with Crippen molar-refractivity contribution in [3.8, 4) is 0 Å². The van der Waals surface area contributed by atoms with Crippen LogP contribution in [0.1, 0.15) is 22.6 Å². The van der Waals surface area contributed by atoms with E-state index in [1.165, 1.54) is 0 Å². The summed E-state index contributed by atoms with van der Waals surface area (Å²) in [5, 5.41) is 13.1. The van der Waals surface area contributed by atoms with Crippen molar-refractivity contribution in [1.82, 2.24) is 14.9 Å². The van der Waals surface area contributed by atoms with Crippen molar-refractivity contribution in [2.75, 3.05) is 6.54 Å². The van der Waals surface area contributed by atoms with Gasteiger partial charge in [0.25, 0.3) is 5.91 Å². The molecule has 3 rings (SSSR count). The van der Waals surface area contributed by atoms with E-state index in [0.717, 1.165) is 16.9 Å². The highest BCUT2D eigenvalue weighted by Gasteiger charge is 2.28. The molecule has 0 aliphatic carbocycles. The standard InChI is InChI=1S/C18H15F3N4O3/c1-10-23-12-5-2-3-6-13(12)24(10)8-4-7-22-18(26)11-9-14(25(27)28)16(20)17(21)15(11)19/h2-3,5-6,9H,4,7-8H2,1H3,(H,22,26). The lowest BCUT2D eigenvalue weighted by atomic mass is 10.1. The first-order chi connectivity index (χ1) is 13.3. The molecule has 0 bridgehead atoms. The van der Waals surface area contributed by atoms with E-state index in [1.54, 1.807) is 0 Å². The number of aryl methyl sites for hydroxylation is 2. The molecule has 10 heteroatoms. The van der Waals surface area contributed by atoms with Crippen LogP contribution >= 0.6 is 0 Å². The van der Waals surface area contributed by atoms with Crippen molar-refractivity contribution in [2.24, 2.45) is 0 Å². The van der Waals surface area contributed by atoms with Gasteiger partial charge >= 0.3 is 5.69 Å². The third-order valence-corrected chi connectivity index (χ3v) is 4.26. The van der Waals surface area contributed by atoms with Gasteiger partial charge in [0.15, 0.2) is 5.82 Å². The second-order valence-corrected chi connectivity index (χ2v) is 6.05. The van der Waals surface area contributed by atoms with E-state index in [1.807, 2.05) is 35.8 Å². The molecule has 1 heterocycles. The number of rotatable bonds is 6. The predicted molar refractivity (Wildman–Crippen MR) is 94.4 cm³/mol. The normalized spacial score (nSPS) is 11.0. The van der Waals surface area contributed by atoms with Gasteiger partial charge in [0.2, 0.25) is 11.6 Å². The van der Waals surface area contributed by atoms with Crippen LogP contribution in [0, 0.1) is 34.5 Å². The molecule has 0 saturated carbocycles. The predicted octanol–water partition coefficient (Wildman–Crippen LogP) is 3.49. The van der Waals surface area contributed by atoms with Gasteiger partial charge in [-0.15, -0.1) is 0 Å². The molecule has 0 spiro atoms. The molecule has 0 aliphatic rings. The third kappa shape index (κ3) is 3.53. The van der Waals surface area contributed by atoms with Crippen molar-refractivity contribution >= 4 is 22.6 Å². The minimum Gasteiger partial charge on any atom is -0.352 e. The van der Waals surface area contributed by atoms with Gasteiger partial charge in [-0.1, -0.05) is 12.1 Å². The molecule has 1 N–H and O–H groups in total. The second-order valence-electron chi connectivity index (χ2n) is 6.05. The Labute approximate surface area is 156 Å². The Balaban J connectivity index is 1.68. The number of hydrogen-bond acceptors (Lipinski definition) is 4. The van der Waals surface area contributed by atoms with Gasteiger partial charge in [0.05, 0.1) is 21.5 Å². The molecule has 0 aliphatic heterocycles. The molecule has 0 saturated heterocycles. The minimum absolute atomic E-state index is 0.0943. The van der Waals surface area contributed by atoms with Crippen LogP contribution in [0.15, 0.2) is 30.3 Å². The molecule has 1 aromatic heterocycles. The zero-order chi connectivity index (χ0) is 20.4. The van der Waals surface area contributed by atoms with Gasteiger partial charge in [0, 0.05) is 19.2 Å². The summed E-state index contributed by atoms with van der Waals surface area (Å²) in [5.74, 6) is -6.04. The Kier molecular flexibility index (Phi) is 5.30. The van der Waals surface area contributed by atoms with E-state index in [2.05, 4.69) is 10.3 Å². The zero-order valence-electron chi connectivity index (χ0n) is 14.7. The molecular formula is C18H15F3N4O3. The molecule has 2 aromatic carbocycles. The number of fused-ring (bicyclic) bond motifs is 1. The van der Waals surface area contributed by atoms with Crippen molar-refractivity contribution in [3.05, 3.63) is 69.3 Å². The summed E-state index contributed by atoms with van der Waals surface area (Å²) >= 11 is 0. The van der Waals surface area contributed by atoms with Gasteiger partial charge in [-0.25, -0.2) is 13.8 Å². The van der Waals surface area contributed by atoms with E-state index >= 15 is 0 Å². The summed E-state index contributed by atoms with van der Waals surface area (Å²) in [6.07, 6.45) is 0.445. The number of halogens is 3. The fraction of sp³-hybridized carbons (Fsp3) is 0.222. The van der Waals surface area contributed by atoms with Crippen LogP contribution in [0.3, 0.4) is 0 Å². The van der Waals surface area contributed by atoms with Crippen LogP contribution in [0.4, 0.5) is 18.9 Å². The molecule has 0 atom stereocenters. The summed E-state index contributed by atoms with van der Waals surface area (Å²) in [4.78, 5) is 26.0. The first kappa shape index (κ1) is 19.3. The quantitative estimate of drug-likeness (QED) is 0.301. The van der Waals surface area contributed by atoms with E-state index in [0.29, 0.717) is 19.0 Å². The molecule has 28 heavy (non-hydrogen) atoms. The lowest BCUT2D eigenvalue weighted by molar-refractivity contribution is -0.387. The van der Waals surface area contributed by atoms with Crippen LogP contribution in [0.2, 0.25) is 0 Å². The number of amides is 1. The molecule has 3 aromatic rings. The zero-order valence-corrected chi connectivity index (χ0v) is 14.7. The number of aromatic nitrogens is 2. The Morgan fingerprint density at radius 3 is 2.64 bits per heavy atom. The van der Waals surface area contributed by atoms with Gasteiger partial charge < -0.3 is 9.88 Å². The molecule has 1 amide bonds. The Morgan fingerprint density at radius 2 is 1.93 bits per heavy atom. The minimum atomic E-state index is -2.06. The Morgan fingerprint density at radius 1 is 1.21 bits per heavy atom. The fourth-order valence-corrected chi connectivity index (χ4v) is 2.90. The molecule has 0 fully saturated rings. The summed E-state index contributed by atoms with van der Waals surface area (Å²) in [6, 6.07) is 7.91. The number of carbonyl (C=O) groups is 1. The molecule has 146 valence electrons. The SMILES string of the molecule is Cc1nc2ccccc2n1CCCNC(=O)c1cc([N+](=O)[O-])c(F)c(F)c1F. The summed E-state index contributed by atoms with van der Waals surface area (Å²) in [5.41, 5.74) is -0.465. The van der Waals surface area contributed by atoms with Gasteiger partial charge in [-0.05, 0) is 25.5 Å². The topological polar surface area (TPSA) is 90.1 Å². The number of nitro groups is 1. The highest BCUT2D eigenvalue weighted by atomic mass is 19.2. The van der Waals surface area contributed by atoms with Crippen molar-refractivity contribution in [3.63, 3.8) is 0 Å². The maximum Gasteiger partial charge on any atom is 0.308 e. The van der Waals surface area contributed by atoms with E-state index in [-0.39, 0.29) is 6.54 Å². The lowest BCUT2D eigenvalue weighted by Gasteiger charge is -2.09. The summed E-state index contributed by atoms with van der Waals surface area (Å²) in [7, 11) is 0. The van der Waals surface area contributed by atoms with Crippen LogP contribution < -0.4 is 5.32 Å². The highest BCUT2D eigenvalue weighted by molar-refractivity contribution is 5.95. The van der Waals surface area contributed by atoms with Crippen LogP contribution in [0.25, 0.3) is 11.0 Å². The maximum atomic E-state index is 13.8. The van der Waals surface area contributed by atoms with Gasteiger partial charge in [-0.2, -0.15) is 4.39 Å². The number of imidazole rings is 1. The number of nitro benzene ring substituents is 1. The van der Waals surface area contributed by atoms with Crippen molar-refractivity contribution < 1.29 is 22.9 Å². The average Bonchev–Trinajstić information content (AvgIpc) is 2.98. The Bertz CT molecular complexity index is 1080. The van der Waals surface area contributed by atoms with Crippen molar-refractivity contribution in [1.29, 1.82) is 0 Å². The van der Waals surface area contributed by atoms with Crippen LogP contribution in [0.5, 0.6) is 0 Å². The molecule has 7 nitrogen and oxygen atoms in total. The number of nitrogens with one attached hydrogen (secondary N) is 1. The Hall–Kier alpha value is -3.43. The van der Waals surface area contributed by atoms with Gasteiger partial charge in [-0.3, -0.25) is 14.9 Å². The second kappa shape index (κ2) is 7.67. The smallest absolute Gasteiger partial charge is 0.308 e. The van der Waals surface area contributed by atoms with Crippen LogP contribution in [-0.2, 0) is 6.54 Å². The van der Waals surface area contributed by atoms with Crippen LogP contribution in [-0.4, -0.2) is 26.9 Å². The summed E-state index contributed by atoms with van der Waals surface area (Å²) in [6.45, 7) is 2.44. The fourth-order valence-electron chi connectivity index (χ4n) is 2.90. The molecule has 0 radical (unpaired) electrons. The van der Waals surface area contributed by atoms with E-state index < -0.39 is 39.5 Å². The first-order valence-corrected chi connectivity index (χ1v) is 8.33. The maximum absolute atomic E-state index is 13.8. The molecular weight excluding hydrogens is 377 g/mol. The monoisotopic (exact) mass is 392 g/mol. The number of carbonyl (C=O) groups excluding carboxylic acids is 1. The number of para-hydroxylation sites is 2. The van der Waals surface area contributed by atoms with Crippen molar-refractivity contribution in [2.45, 2.75) is 19.9 Å². The average molecular weight is 392 g/mol. The van der Waals surface area contributed by atoms with Gasteiger partial charge in [0.1, 0.15) is 5.82 Å². The molecule has 0 unspecified atom stereocenters. The number of hydrogen-bond donors (Lipinski definition) is 1. The first-order valence-electron chi connectivity index (χ1n) is 8.33. The lowest BCUT2D eigenvalue weighted by Crippen LogP contribution is -2.27. The van der Waals surface area contributed by atoms with E-state index in [9.17, 15) is 28.1 Å². The largest absolute Gasteiger partial charge is 0.352 e. The number of nitrogens with zero attached hydrogens (tertiary/aromatic N) is 3. The number of benzene rings is 2.